The maximum atomic E-state index is 11.4. The fourth-order valence-electron chi connectivity index (χ4n) is 1.22. The third-order valence-corrected chi connectivity index (χ3v) is 5.70. The number of hydrogen-bond acceptors (Lipinski definition) is 2. The average molecular weight is 183 g/mol. The summed E-state index contributed by atoms with van der Waals surface area (Å²) in [6, 6.07) is 0. The molecule has 4 heteroatoms. The molecule has 1 aliphatic rings. The van der Waals surface area contributed by atoms with Crippen molar-refractivity contribution < 1.29 is 9.09 Å². The van der Waals surface area contributed by atoms with Crippen molar-refractivity contribution >= 4 is 18.0 Å². The van der Waals surface area contributed by atoms with Gasteiger partial charge in [0.2, 0.25) is 0 Å². The van der Waals surface area contributed by atoms with Gasteiger partial charge >= 0.3 is 0 Å². The zero-order valence-corrected chi connectivity index (χ0v) is 8.08. The Morgan fingerprint density at radius 3 is 2.30 bits per heavy atom. The Morgan fingerprint density at radius 1 is 1.70 bits per heavy atom. The van der Waals surface area contributed by atoms with Gasteiger partial charge in [-0.3, -0.25) is 4.57 Å². The van der Waals surface area contributed by atoms with Crippen molar-refractivity contribution in [3.63, 3.8) is 0 Å². The first-order valence-electron chi connectivity index (χ1n) is 3.33. The molecule has 0 aromatic rings. The van der Waals surface area contributed by atoms with E-state index in [2.05, 4.69) is 0 Å². The van der Waals surface area contributed by atoms with Gasteiger partial charge in [-0.15, -0.1) is 0 Å². The summed E-state index contributed by atoms with van der Waals surface area (Å²) in [4.78, 5) is 0. The molecule has 1 saturated heterocycles. The lowest BCUT2D eigenvalue weighted by Gasteiger charge is -2.17. The van der Waals surface area contributed by atoms with Gasteiger partial charge in [-0.05, 0) is 38.4 Å². The Morgan fingerprint density at radius 2 is 2.20 bits per heavy atom. The van der Waals surface area contributed by atoms with E-state index in [1.807, 2.05) is 20.8 Å². The van der Waals surface area contributed by atoms with Gasteiger partial charge < -0.3 is 4.52 Å². The molecular weight excluding hydrogens is 170 g/mol. The summed E-state index contributed by atoms with van der Waals surface area (Å²) in [5, 5.41) is -0.339. The summed E-state index contributed by atoms with van der Waals surface area (Å²) in [6.07, 6.45) is 0.826. The first-order valence-corrected chi connectivity index (χ1v) is 5.86. The van der Waals surface area contributed by atoms with E-state index in [9.17, 15) is 4.57 Å². The van der Waals surface area contributed by atoms with Crippen LogP contribution in [0.15, 0.2) is 0 Å². The molecule has 0 radical (unpaired) electrons. The molecule has 2 atom stereocenters. The summed E-state index contributed by atoms with van der Waals surface area (Å²) in [7, 11) is 0. The standard InChI is InChI=1S/C6H12ClO2P/c1-5-4-6(2,3)10(7,8)9-5/h5H,4H2,1-3H3. The van der Waals surface area contributed by atoms with Crippen LogP contribution in [0.4, 0.5) is 0 Å². The maximum Gasteiger partial charge on any atom is 0.295 e. The third-order valence-electron chi connectivity index (χ3n) is 1.83. The summed E-state index contributed by atoms with van der Waals surface area (Å²) >= 11 is 5.69. The summed E-state index contributed by atoms with van der Waals surface area (Å²) < 4.78 is 16.5. The lowest BCUT2D eigenvalue weighted by atomic mass is 10.1. The molecule has 0 bridgehead atoms. The summed E-state index contributed by atoms with van der Waals surface area (Å²) in [5.74, 6) is 0. The van der Waals surface area contributed by atoms with Crippen LogP contribution in [0.1, 0.15) is 27.2 Å². The number of halogens is 1. The molecule has 2 nitrogen and oxygen atoms in total. The van der Waals surface area contributed by atoms with Gasteiger partial charge in [-0.1, -0.05) is 0 Å². The van der Waals surface area contributed by atoms with E-state index >= 15 is 0 Å². The molecular formula is C6H12ClO2P. The van der Waals surface area contributed by atoms with E-state index in [1.165, 1.54) is 0 Å². The quantitative estimate of drug-likeness (QED) is 0.539. The largest absolute Gasteiger partial charge is 0.314 e. The highest BCUT2D eigenvalue weighted by Crippen LogP contribution is 2.70. The van der Waals surface area contributed by atoms with Crippen LogP contribution >= 0.6 is 18.0 Å². The fourth-order valence-corrected chi connectivity index (χ4v) is 3.14. The van der Waals surface area contributed by atoms with Gasteiger partial charge in [0.15, 0.2) is 0 Å². The second kappa shape index (κ2) is 2.23. The van der Waals surface area contributed by atoms with Crippen LogP contribution < -0.4 is 0 Å². The summed E-state index contributed by atoms with van der Waals surface area (Å²) in [5.41, 5.74) is 0. The van der Waals surface area contributed by atoms with Crippen LogP contribution in [-0.4, -0.2) is 11.3 Å². The van der Waals surface area contributed by atoms with Crippen LogP contribution in [-0.2, 0) is 9.09 Å². The second-order valence-corrected chi connectivity index (χ2v) is 7.13. The number of hydrogen-bond donors (Lipinski definition) is 0. The molecule has 1 rings (SSSR count). The van der Waals surface area contributed by atoms with Crippen LogP contribution in [0.3, 0.4) is 0 Å². The second-order valence-electron chi connectivity index (χ2n) is 3.41. The highest BCUT2D eigenvalue weighted by atomic mass is 35.7. The Labute approximate surface area is 66.1 Å². The van der Waals surface area contributed by atoms with Gasteiger partial charge in [-0.25, -0.2) is 0 Å². The number of rotatable bonds is 0. The van der Waals surface area contributed by atoms with E-state index in [0.717, 1.165) is 6.42 Å². The van der Waals surface area contributed by atoms with E-state index in [1.54, 1.807) is 0 Å². The molecule has 1 heterocycles. The Bertz CT molecular complexity index is 190. The highest BCUT2D eigenvalue weighted by Gasteiger charge is 2.48. The molecule has 1 aliphatic heterocycles. The minimum absolute atomic E-state index is 0.0401. The molecule has 0 aromatic heterocycles. The molecule has 60 valence electrons. The SMILES string of the molecule is CC1CC(C)(C)P(=O)(Cl)O1. The van der Waals surface area contributed by atoms with Gasteiger partial charge in [0, 0.05) is 0 Å². The van der Waals surface area contributed by atoms with E-state index < -0.39 is 6.72 Å². The zero-order valence-electron chi connectivity index (χ0n) is 6.43. The van der Waals surface area contributed by atoms with Crippen molar-refractivity contribution in [1.29, 1.82) is 0 Å². The third kappa shape index (κ3) is 1.25. The van der Waals surface area contributed by atoms with Crippen molar-refractivity contribution in [1.82, 2.24) is 0 Å². The molecule has 0 aromatic carbocycles. The molecule has 0 N–H and O–H groups in total. The molecule has 10 heavy (non-hydrogen) atoms. The van der Waals surface area contributed by atoms with Crippen molar-refractivity contribution in [3.05, 3.63) is 0 Å². The molecule has 0 spiro atoms. The molecule has 2 unspecified atom stereocenters. The molecule has 0 saturated carbocycles. The lowest BCUT2D eigenvalue weighted by molar-refractivity contribution is 0.257. The van der Waals surface area contributed by atoms with Crippen molar-refractivity contribution in [3.8, 4) is 0 Å². The van der Waals surface area contributed by atoms with Crippen LogP contribution in [0, 0.1) is 0 Å². The van der Waals surface area contributed by atoms with Crippen molar-refractivity contribution in [2.24, 2.45) is 0 Å². The normalized spacial score (nSPS) is 45.8. The maximum absolute atomic E-state index is 11.4. The first kappa shape index (κ1) is 8.58. The first-order chi connectivity index (χ1) is 4.35. The van der Waals surface area contributed by atoms with Gasteiger partial charge in [0.1, 0.15) is 0 Å². The van der Waals surface area contributed by atoms with Gasteiger partial charge in [0.05, 0.1) is 11.3 Å². The van der Waals surface area contributed by atoms with Crippen molar-refractivity contribution in [2.75, 3.05) is 0 Å². The Balaban J connectivity index is 2.89. The minimum Gasteiger partial charge on any atom is -0.314 e. The monoisotopic (exact) mass is 182 g/mol. The van der Waals surface area contributed by atoms with Gasteiger partial charge in [-0.2, -0.15) is 0 Å². The van der Waals surface area contributed by atoms with Gasteiger partial charge in [0.25, 0.3) is 6.72 Å². The minimum atomic E-state index is -2.83. The summed E-state index contributed by atoms with van der Waals surface area (Å²) in [6.45, 7) is 2.82. The lowest BCUT2D eigenvalue weighted by Crippen LogP contribution is -2.13. The predicted octanol–water partition coefficient (Wildman–Crippen LogP) is 3.01. The topological polar surface area (TPSA) is 26.3 Å². The smallest absolute Gasteiger partial charge is 0.295 e. The predicted molar refractivity (Wildman–Crippen MR) is 42.7 cm³/mol. The molecule has 1 fully saturated rings. The van der Waals surface area contributed by atoms with Crippen LogP contribution in [0.2, 0.25) is 0 Å². The van der Waals surface area contributed by atoms with Crippen molar-refractivity contribution in [2.45, 2.75) is 38.5 Å². The Kier molecular flexibility index (Phi) is 1.91. The van der Waals surface area contributed by atoms with Crippen LogP contribution in [0.25, 0.3) is 0 Å². The fraction of sp³-hybridized carbons (Fsp3) is 1.00. The van der Waals surface area contributed by atoms with Crippen LogP contribution in [0.5, 0.6) is 0 Å². The average Bonchev–Trinajstić information content (AvgIpc) is 1.73. The molecule has 0 aliphatic carbocycles. The molecule has 0 amide bonds. The zero-order chi connectivity index (χ0) is 7.99. The van der Waals surface area contributed by atoms with E-state index in [4.69, 9.17) is 15.8 Å². The highest BCUT2D eigenvalue weighted by molar-refractivity contribution is 7.86. The van der Waals surface area contributed by atoms with E-state index in [-0.39, 0.29) is 11.3 Å². The Hall–Kier alpha value is 0.480. The van der Waals surface area contributed by atoms with E-state index in [0.29, 0.717) is 0 Å².